The first-order valence-corrected chi connectivity index (χ1v) is 4.28. The molecule has 0 N–H and O–H groups in total. The Hall–Kier alpha value is -1.35. The number of hydrogen-bond acceptors (Lipinski definition) is 3. The Balaban J connectivity index is 2.73. The molecule has 0 bridgehead atoms. The smallest absolute Gasteiger partial charge is 0.190 e. The van der Waals surface area contributed by atoms with Gasteiger partial charge in [-0.05, 0) is 42.5 Å². The van der Waals surface area contributed by atoms with Crippen molar-refractivity contribution in [2.45, 2.75) is 0 Å². The van der Waals surface area contributed by atoms with E-state index in [2.05, 4.69) is 0 Å². The first-order valence-electron chi connectivity index (χ1n) is 3.87. The molecule has 66 valence electrons. The van der Waals surface area contributed by atoms with Crippen LogP contribution in [0.2, 0.25) is 0 Å². The predicted molar refractivity (Wildman–Crippen MR) is 53.6 cm³/mol. The lowest BCUT2D eigenvalue weighted by Gasteiger charge is -2.00. The normalized spacial score (nSPS) is 10.2. The highest BCUT2D eigenvalue weighted by atomic mass is 32.1. The summed E-state index contributed by atoms with van der Waals surface area (Å²) < 4.78 is 10.9. The maximum atomic E-state index is 5.32. The lowest BCUT2D eigenvalue weighted by molar-refractivity contribution is 0.415. The van der Waals surface area contributed by atoms with Crippen LogP contribution in [-0.4, -0.2) is 7.11 Å². The van der Waals surface area contributed by atoms with Gasteiger partial charge in [-0.25, -0.2) is 0 Å². The minimum Gasteiger partial charge on any atom is -0.497 e. The molecule has 1 heterocycles. The van der Waals surface area contributed by atoms with E-state index in [4.69, 9.17) is 21.4 Å². The summed E-state index contributed by atoms with van der Waals surface area (Å²) in [5.41, 5.74) is 0.785. The maximum Gasteiger partial charge on any atom is 0.190 e. The molecule has 2 nitrogen and oxygen atoms in total. The summed E-state index contributed by atoms with van der Waals surface area (Å²) in [5, 5.41) is 0.993. The van der Waals surface area contributed by atoms with E-state index < -0.39 is 0 Å². The molecule has 13 heavy (non-hydrogen) atoms. The highest BCUT2D eigenvalue weighted by Crippen LogP contribution is 2.20. The molecular formula is C10H8O2S. The van der Waals surface area contributed by atoms with Crippen molar-refractivity contribution < 1.29 is 9.15 Å². The van der Waals surface area contributed by atoms with Crippen molar-refractivity contribution in [3.63, 3.8) is 0 Å². The predicted octanol–water partition coefficient (Wildman–Crippen LogP) is 3.17. The van der Waals surface area contributed by atoms with E-state index in [-0.39, 0.29) is 0 Å². The molecule has 0 atom stereocenters. The molecule has 0 aliphatic carbocycles. The molecule has 3 heteroatoms. The van der Waals surface area contributed by atoms with Gasteiger partial charge in [-0.3, -0.25) is 0 Å². The topological polar surface area (TPSA) is 22.4 Å². The van der Waals surface area contributed by atoms with Crippen molar-refractivity contribution in [1.82, 2.24) is 0 Å². The Kier molecular flexibility index (Phi) is 2.02. The van der Waals surface area contributed by atoms with E-state index >= 15 is 0 Å². The van der Waals surface area contributed by atoms with Gasteiger partial charge >= 0.3 is 0 Å². The van der Waals surface area contributed by atoms with Crippen LogP contribution in [0.1, 0.15) is 0 Å². The molecule has 2 aromatic rings. The maximum absolute atomic E-state index is 5.32. The lowest BCUT2D eigenvalue weighted by atomic mass is 10.2. The fourth-order valence-electron chi connectivity index (χ4n) is 1.18. The summed E-state index contributed by atoms with van der Waals surface area (Å²) in [6.45, 7) is 0. The van der Waals surface area contributed by atoms with E-state index in [1.807, 2.05) is 24.3 Å². The Morgan fingerprint density at radius 2 is 2.08 bits per heavy atom. The van der Waals surface area contributed by atoms with Gasteiger partial charge in [0.25, 0.3) is 0 Å². The van der Waals surface area contributed by atoms with Crippen LogP contribution < -0.4 is 4.74 Å². The van der Waals surface area contributed by atoms with Crippen molar-refractivity contribution in [2.75, 3.05) is 7.11 Å². The van der Waals surface area contributed by atoms with Gasteiger partial charge in [0.15, 0.2) is 4.71 Å². The summed E-state index contributed by atoms with van der Waals surface area (Å²) >= 11 is 4.90. The standard InChI is InChI=1S/C10H8O2S/c1-11-8-3-4-9-7(6-8)2-5-10(13)12-9/h2-6H,1H3. The number of fused-ring (bicyclic) bond motifs is 1. The van der Waals surface area contributed by atoms with Crippen LogP contribution in [0.25, 0.3) is 11.0 Å². The number of methoxy groups -OCH3 is 1. The summed E-state index contributed by atoms with van der Waals surface area (Å²) in [6, 6.07) is 9.29. The minimum absolute atomic E-state index is 0.498. The van der Waals surface area contributed by atoms with Crippen LogP contribution in [0.4, 0.5) is 0 Å². The largest absolute Gasteiger partial charge is 0.497 e. The minimum atomic E-state index is 0.498. The third kappa shape index (κ3) is 1.55. The van der Waals surface area contributed by atoms with Crippen molar-refractivity contribution in [3.8, 4) is 5.75 Å². The van der Waals surface area contributed by atoms with Crippen molar-refractivity contribution in [2.24, 2.45) is 0 Å². The average Bonchev–Trinajstić information content (AvgIpc) is 2.17. The van der Waals surface area contributed by atoms with Crippen LogP contribution in [0, 0.1) is 4.71 Å². The Morgan fingerprint density at radius 1 is 1.23 bits per heavy atom. The quantitative estimate of drug-likeness (QED) is 0.648. The van der Waals surface area contributed by atoms with Gasteiger partial charge in [0, 0.05) is 5.39 Å². The monoisotopic (exact) mass is 192 g/mol. The van der Waals surface area contributed by atoms with Crippen LogP contribution in [0.5, 0.6) is 5.75 Å². The van der Waals surface area contributed by atoms with Crippen molar-refractivity contribution in [1.29, 1.82) is 0 Å². The summed E-state index contributed by atoms with van der Waals surface area (Å²) in [6.07, 6.45) is 0. The second kappa shape index (κ2) is 3.18. The van der Waals surface area contributed by atoms with Gasteiger partial charge in [0.2, 0.25) is 0 Å². The molecule has 1 aromatic heterocycles. The molecule has 2 rings (SSSR count). The highest BCUT2D eigenvalue weighted by Gasteiger charge is 1.96. The van der Waals surface area contributed by atoms with Gasteiger partial charge in [-0.2, -0.15) is 0 Å². The van der Waals surface area contributed by atoms with Gasteiger partial charge in [0.05, 0.1) is 7.11 Å². The number of hydrogen-bond donors (Lipinski definition) is 0. The van der Waals surface area contributed by atoms with Gasteiger partial charge < -0.3 is 9.15 Å². The second-order valence-corrected chi connectivity index (χ2v) is 3.06. The SMILES string of the molecule is COc1ccc2oc(=S)ccc2c1. The molecule has 0 spiro atoms. The zero-order valence-electron chi connectivity index (χ0n) is 7.11. The van der Waals surface area contributed by atoms with E-state index in [0.29, 0.717) is 4.71 Å². The van der Waals surface area contributed by atoms with E-state index in [9.17, 15) is 0 Å². The zero-order chi connectivity index (χ0) is 9.26. The molecule has 0 saturated heterocycles. The highest BCUT2D eigenvalue weighted by molar-refractivity contribution is 7.71. The first kappa shape index (κ1) is 8.26. The summed E-state index contributed by atoms with van der Waals surface area (Å²) in [5.74, 6) is 0.819. The van der Waals surface area contributed by atoms with Gasteiger partial charge in [0.1, 0.15) is 11.3 Å². The van der Waals surface area contributed by atoms with Crippen molar-refractivity contribution in [3.05, 3.63) is 35.0 Å². The average molecular weight is 192 g/mol. The lowest BCUT2D eigenvalue weighted by Crippen LogP contribution is -1.81. The number of rotatable bonds is 1. The molecule has 0 aliphatic rings. The van der Waals surface area contributed by atoms with Crippen molar-refractivity contribution >= 4 is 23.2 Å². The van der Waals surface area contributed by atoms with E-state index in [1.165, 1.54) is 0 Å². The molecule has 0 radical (unpaired) electrons. The summed E-state index contributed by atoms with van der Waals surface area (Å²) in [4.78, 5) is 0. The Morgan fingerprint density at radius 3 is 2.85 bits per heavy atom. The van der Waals surface area contributed by atoms with E-state index in [0.717, 1.165) is 16.7 Å². The number of ether oxygens (including phenoxy) is 1. The van der Waals surface area contributed by atoms with E-state index in [1.54, 1.807) is 13.2 Å². The molecule has 1 aromatic carbocycles. The molecule has 0 aliphatic heterocycles. The summed E-state index contributed by atoms with van der Waals surface area (Å²) in [7, 11) is 1.64. The molecule has 0 amide bonds. The third-order valence-electron chi connectivity index (χ3n) is 1.83. The van der Waals surface area contributed by atoms with Crippen LogP contribution in [0.3, 0.4) is 0 Å². The van der Waals surface area contributed by atoms with Crippen LogP contribution in [-0.2, 0) is 0 Å². The fourth-order valence-corrected chi connectivity index (χ4v) is 1.33. The Bertz CT molecular complexity index is 487. The fraction of sp³-hybridized carbons (Fsp3) is 0.100. The molecule has 0 fully saturated rings. The van der Waals surface area contributed by atoms with Crippen LogP contribution in [0.15, 0.2) is 34.7 Å². The Labute approximate surface area is 80.8 Å². The molecular weight excluding hydrogens is 184 g/mol. The zero-order valence-corrected chi connectivity index (χ0v) is 7.93. The van der Waals surface area contributed by atoms with Crippen LogP contribution >= 0.6 is 12.2 Å². The molecule has 0 unspecified atom stereocenters. The number of benzene rings is 1. The molecule has 0 saturated carbocycles. The second-order valence-electron chi connectivity index (χ2n) is 2.66. The van der Waals surface area contributed by atoms with Gasteiger partial charge in [-0.1, -0.05) is 0 Å². The van der Waals surface area contributed by atoms with Gasteiger partial charge in [-0.15, -0.1) is 0 Å². The first-order chi connectivity index (χ1) is 6.29. The third-order valence-corrected chi connectivity index (χ3v) is 2.05.